The minimum absolute atomic E-state index is 0.0164. The van der Waals surface area contributed by atoms with Crippen molar-refractivity contribution >= 4 is 11.8 Å². The summed E-state index contributed by atoms with van der Waals surface area (Å²) in [7, 11) is 0. The number of nitrogens with zero attached hydrogens (tertiary/aromatic N) is 1. The van der Waals surface area contributed by atoms with E-state index in [0.29, 0.717) is 17.9 Å². The molecule has 0 bridgehead atoms. The van der Waals surface area contributed by atoms with Crippen LogP contribution in [0.4, 0.5) is 4.39 Å². The van der Waals surface area contributed by atoms with Crippen LogP contribution in [0.25, 0.3) is 0 Å². The Morgan fingerprint density at radius 2 is 1.78 bits per heavy atom. The Labute approximate surface area is 188 Å². The fraction of sp³-hybridized carbons (Fsp3) is 0.462. The normalized spacial score (nSPS) is 22.7. The van der Waals surface area contributed by atoms with Crippen molar-refractivity contribution in [3.05, 3.63) is 59.9 Å². The minimum Gasteiger partial charge on any atom is -0.457 e. The number of piperidine rings is 1. The number of nitrogens with one attached hydrogen (secondary N) is 1. The van der Waals surface area contributed by atoms with E-state index in [1.165, 1.54) is 12.1 Å². The predicted octanol–water partition coefficient (Wildman–Crippen LogP) is 5.36. The van der Waals surface area contributed by atoms with Crippen LogP contribution in [-0.2, 0) is 9.59 Å². The number of amides is 2. The molecule has 170 valence electrons. The number of hydrogen-bond acceptors (Lipinski definition) is 3. The van der Waals surface area contributed by atoms with Crippen molar-refractivity contribution in [2.45, 2.75) is 70.5 Å². The highest BCUT2D eigenvalue weighted by Crippen LogP contribution is 2.42. The van der Waals surface area contributed by atoms with Crippen LogP contribution in [0.1, 0.15) is 64.0 Å². The third kappa shape index (κ3) is 4.64. The second kappa shape index (κ2) is 9.72. The van der Waals surface area contributed by atoms with Gasteiger partial charge in [-0.1, -0.05) is 26.0 Å². The lowest BCUT2D eigenvalue weighted by molar-refractivity contribution is -0.143. The second-order valence-electron chi connectivity index (χ2n) is 8.77. The molecule has 0 aliphatic carbocycles. The fourth-order valence-electron chi connectivity index (χ4n) is 5.00. The van der Waals surface area contributed by atoms with Crippen LogP contribution in [0.3, 0.4) is 0 Å². The van der Waals surface area contributed by atoms with Gasteiger partial charge in [-0.15, -0.1) is 0 Å². The summed E-state index contributed by atoms with van der Waals surface area (Å²) in [6.07, 6.45) is 5.02. The van der Waals surface area contributed by atoms with Gasteiger partial charge in [-0.05, 0) is 80.5 Å². The van der Waals surface area contributed by atoms with Gasteiger partial charge in [0.1, 0.15) is 23.4 Å². The van der Waals surface area contributed by atoms with Gasteiger partial charge in [-0.3, -0.25) is 9.59 Å². The smallest absolute Gasteiger partial charge is 0.245 e. The summed E-state index contributed by atoms with van der Waals surface area (Å²) in [5.74, 6) is 0.865. The third-order valence-electron chi connectivity index (χ3n) is 6.81. The average Bonchev–Trinajstić information content (AvgIpc) is 3.23. The van der Waals surface area contributed by atoms with E-state index in [2.05, 4.69) is 5.32 Å². The summed E-state index contributed by atoms with van der Waals surface area (Å²) >= 11 is 0. The van der Waals surface area contributed by atoms with Crippen LogP contribution in [0.15, 0.2) is 48.5 Å². The van der Waals surface area contributed by atoms with Crippen LogP contribution in [0.5, 0.6) is 11.5 Å². The van der Waals surface area contributed by atoms with Gasteiger partial charge in [-0.2, -0.15) is 0 Å². The standard InChI is InChI=1S/C26H31FN2O3/c1-3-17(4-2)25(30)28-23-14-10-20-11-15-24(29(20)26(23)31)18-6-5-7-22(16-18)32-21-12-8-19(27)9-13-21/h5-9,12-13,16-17,20,23-24H,3-4,10-11,14-15H2,1-2H3,(H,28,30)/t20-,23-,24-/m0/s1. The van der Waals surface area contributed by atoms with Gasteiger partial charge >= 0.3 is 0 Å². The molecule has 2 aromatic rings. The number of hydrogen-bond donors (Lipinski definition) is 1. The van der Waals surface area contributed by atoms with Crippen molar-refractivity contribution < 1.29 is 18.7 Å². The van der Waals surface area contributed by atoms with Crippen LogP contribution in [0, 0.1) is 11.7 Å². The number of fused-ring (bicyclic) bond motifs is 1. The molecule has 2 saturated heterocycles. The first-order chi connectivity index (χ1) is 15.5. The van der Waals surface area contributed by atoms with E-state index >= 15 is 0 Å². The summed E-state index contributed by atoms with van der Waals surface area (Å²) in [6.45, 7) is 4.01. The quantitative estimate of drug-likeness (QED) is 0.633. The molecule has 0 radical (unpaired) electrons. The Morgan fingerprint density at radius 3 is 2.50 bits per heavy atom. The van der Waals surface area contributed by atoms with E-state index in [9.17, 15) is 14.0 Å². The number of carbonyl (C=O) groups excluding carboxylic acids is 2. The number of ether oxygens (including phenoxy) is 1. The first kappa shape index (κ1) is 22.3. The van der Waals surface area contributed by atoms with Crippen molar-refractivity contribution in [2.75, 3.05) is 0 Å². The van der Waals surface area contributed by atoms with Crippen LogP contribution >= 0.6 is 0 Å². The Balaban J connectivity index is 1.49. The van der Waals surface area contributed by atoms with Gasteiger partial charge < -0.3 is 15.0 Å². The lowest BCUT2D eigenvalue weighted by atomic mass is 9.96. The molecular formula is C26H31FN2O3. The van der Waals surface area contributed by atoms with Crippen LogP contribution < -0.4 is 10.1 Å². The maximum atomic E-state index is 13.4. The monoisotopic (exact) mass is 438 g/mol. The van der Waals surface area contributed by atoms with E-state index in [1.54, 1.807) is 12.1 Å². The molecule has 2 aliphatic rings. The average molecular weight is 439 g/mol. The number of rotatable bonds is 7. The van der Waals surface area contributed by atoms with E-state index in [0.717, 1.165) is 37.7 Å². The SMILES string of the molecule is CCC(CC)C(=O)N[C@H]1CC[C@H]2CC[C@@H](c3cccc(Oc4ccc(F)cc4)c3)N2C1=O. The lowest BCUT2D eigenvalue weighted by Gasteiger charge is -2.39. The number of carbonyl (C=O) groups is 2. The van der Waals surface area contributed by atoms with E-state index in [-0.39, 0.29) is 35.6 Å². The van der Waals surface area contributed by atoms with Crippen LogP contribution in [0.2, 0.25) is 0 Å². The van der Waals surface area contributed by atoms with Gasteiger partial charge in [0.2, 0.25) is 11.8 Å². The molecule has 0 unspecified atom stereocenters. The summed E-state index contributed by atoms with van der Waals surface area (Å²) < 4.78 is 19.1. The summed E-state index contributed by atoms with van der Waals surface area (Å²) in [5.41, 5.74) is 1.02. The van der Waals surface area contributed by atoms with Crippen molar-refractivity contribution in [1.29, 1.82) is 0 Å². The highest BCUT2D eigenvalue weighted by atomic mass is 19.1. The lowest BCUT2D eigenvalue weighted by Crippen LogP contribution is -2.55. The molecule has 0 spiro atoms. The molecule has 4 rings (SSSR count). The van der Waals surface area contributed by atoms with Crippen molar-refractivity contribution in [3.63, 3.8) is 0 Å². The fourth-order valence-corrected chi connectivity index (χ4v) is 5.00. The largest absolute Gasteiger partial charge is 0.457 e. The summed E-state index contributed by atoms with van der Waals surface area (Å²) in [5, 5.41) is 3.02. The molecule has 2 aliphatic heterocycles. The molecule has 0 saturated carbocycles. The van der Waals surface area contributed by atoms with E-state index in [4.69, 9.17) is 4.74 Å². The minimum atomic E-state index is -0.446. The Kier molecular flexibility index (Phi) is 6.77. The maximum absolute atomic E-state index is 13.4. The molecular weight excluding hydrogens is 407 g/mol. The zero-order chi connectivity index (χ0) is 22.7. The molecule has 2 aromatic carbocycles. The molecule has 0 aromatic heterocycles. The molecule has 6 heteroatoms. The van der Waals surface area contributed by atoms with Crippen molar-refractivity contribution in [2.24, 2.45) is 5.92 Å². The Bertz CT molecular complexity index is 958. The third-order valence-corrected chi connectivity index (χ3v) is 6.81. The van der Waals surface area contributed by atoms with Gasteiger partial charge in [0.05, 0.1) is 6.04 Å². The van der Waals surface area contributed by atoms with E-state index in [1.807, 2.05) is 43.0 Å². The highest BCUT2D eigenvalue weighted by Gasteiger charge is 2.44. The van der Waals surface area contributed by atoms with Crippen molar-refractivity contribution in [1.82, 2.24) is 10.2 Å². The van der Waals surface area contributed by atoms with E-state index < -0.39 is 6.04 Å². The first-order valence-electron chi connectivity index (χ1n) is 11.7. The van der Waals surface area contributed by atoms with Gasteiger partial charge in [0.25, 0.3) is 0 Å². The zero-order valence-electron chi connectivity index (χ0n) is 18.7. The molecule has 3 atom stereocenters. The molecule has 5 nitrogen and oxygen atoms in total. The molecule has 2 fully saturated rings. The zero-order valence-corrected chi connectivity index (χ0v) is 18.7. The second-order valence-corrected chi connectivity index (χ2v) is 8.77. The van der Waals surface area contributed by atoms with Gasteiger partial charge in [0.15, 0.2) is 0 Å². The van der Waals surface area contributed by atoms with Crippen molar-refractivity contribution in [3.8, 4) is 11.5 Å². The predicted molar refractivity (Wildman–Crippen MR) is 121 cm³/mol. The van der Waals surface area contributed by atoms with Crippen LogP contribution in [-0.4, -0.2) is 28.8 Å². The van der Waals surface area contributed by atoms with Gasteiger partial charge in [0, 0.05) is 12.0 Å². The molecule has 32 heavy (non-hydrogen) atoms. The Morgan fingerprint density at radius 1 is 1.06 bits per heavy atom. The van der Waals surface area contributed by atoms with Gasteiger partial charge in [-0.25, -0.2) is 4.39 Å². The summed E-state index contributed by atoms with van der Waals surface area (Å²) in [6, 6.07) is 13.4. The number of halogens is 1. The molecule has 2 heterocycles. The Hall–Kier alpha value is -2.89. The maximum Gasteiger partial charge on any atom is 0.245 e. The topological polar surface area (TPSA) is 58.6 Å². The molecule has 1 N–H and O–H groups in total. The molecule has 2 amide bonds. The summed E-state index contributed by atoms with van der Waals surface area (Å²) in [4.78, 5) is 27.9. The number of benzene rings is 2. The first-order valence-corrected chi connectivity index (χ1v) is 11.7. The highest BCUT2D eigenvalue weighted by molar-refractivity contribution is 5.89.